The second-order valence-electron chi connectivity index (χ2n) is 4.40. The van der Waals surface area contributed by atoms with Crippen LogP contribution in [0.3, 0.4) is 0 Å². The molecule has 1 saturated heterocycles. The Kier molecular flexibility index (Phi) is 2.98. The zero-order chi connectivity index (χ0) is 10.8. The number of nitrogens with zero attached hydrogens (tertiary/aromatic N) is 3. The number of nitrogens with two attached hydrogens (primary N) is 1. The molecular formula is C11H18N4. The van der Waals surface area contributed by atoms with Crippen LogP contribution in [0.1, 0.15) is 31.9 Å². The standard InChI is InChI=1S/C11H18N4/c1-8(2)15-4-3-10(12)11(15)9-5-13-7-14-6-9/h5-8,10-11H,3-4,12H2,1-2H3/t10-,11+/m0/s1. The van der Waals surface area contributed by atoms with Crippen molar-refractivity contribution in [3.8, 4) is 0 Å². The molecule has 0 bridgehead atoms. The fourth-order valence-electron chi connectivity index (χ4n) is 2.32. The van der Waals surface area contributed by atoms with Gasteiger partial charge in [0.05, 0.1) is 6.04 Å². The first-order valence-corrected chi connectivity index (χ1v) is 5.46. The number of likely N-dealkylation sites (tertiary alicyclic amines) is 1. The van der Waals surface area contributed by atoms with Crippen LogP contribution >= 0.6 is 0 Å². The van der Waals surface area contributed by atoms with E-state index in [1.165, 1.54) is 0 Å². The van der Waals surface area contributed by atoms with Crippen LogP contribution in [-0.4, -0.2) is 33.5 Å². The predicted octanol–water partition coefficient (Wildman–Crippen LogP) is 0.959. The van der Waals surface area contributed by atoms with E-state index in [4.69, 9.17) is 5.73 Å². The van der Waals surface area contributed by atoms with Crippen LogP contribution in [0, 0.1) is 0 Å². The van der Waals surface area contributed by atoms with Gasteiger partial charge in [-0.3, -0.25) is 4.90 Å². The van der Waals surface area contributed by atoms with Crippen molar-refractivity contribution in [3.05, 3.63) is 24.3 Å². The average Bonchev–Trinajstić information content (AvgIpc) is 2.61. The Bertz CT molecular complexity index is 312. The van der Waals surface area contributed by atoms with Gasteiger partial charge in [-0.05, 0) is 20.3 Å². The largest absolute Gasteiger partial charge is 0.326 e. The molecule has 1 aliphatic heterocycles. The fraction of sp³-hybridized carbons (Fsp3) is 0.636. The third kappa shape index (κ3) is 2.01. The summed E-state index contributed by atoms with van der Waals surface area (Å²) in [5.41, 5.74) is 7.28. The number of hydrogen-bond donors (Lipinski definition) is 1. The lowest BCUT2D eigenvalue weighted by molar-refractivity contribution is 0.197. The maximum absolute atomic E-state index is 6.14. The highest BCUT2D eigenvalue weighted by Crippen LogP contribution is 2.31. The molecule has 0 unspecified atom stereocenters. The first-order chi connectivity index (χ1) is 7.20. The third-order valence-electron chi connectivity index (χ3n) is 3.07. The lowest BCUT2D eigenvalue weighted by Gasteiger charge is -2.29. The van der Waals surface area contributed by atoms with Crippen LogP contribution in [0.4, 0.5) is 0 Å². The van der Waals surface area contributed by atoms with E-state index >= 15 is 0 Å². The van der Waals surface area contributed by atoms with E-state index in [1.807, 2.05) is 12.4 Å². The molecule has 1 aromatic heterocycles. The molecule has 0 aromatic carbocycles. The van der Waals surface area contributed by atoms with Gasteiger partial charge in [0.1, 0.15) is 6.33 Å². The van der Waals surface area contributed by atoms with Crippen molar-refractivity contribution in [2.45, 2.75) is 38.4 Å². The van der Waals surface area contributed by atoms with Crippen LogP contribution in [0.2, 0.25) is 0 Å². The molecule has 1 aromatic rings. The summed E-state index contributed by atoms with van der Waals surface area (Å²) in [6.07, 6.45) is 6.36. The molecule has 0 amide bonds. The van der Waals surface area contributed by atoms with Gasteiger partial charge in [0, 0.05) is 36.6 Å². The minimum Gasteiger partial charge on any atom is -0.326 e. The van der Waals surface area contributed by atoms with Crippen molar-refractivity contribution in [1.29, 1.82) is 0 Å². The monoisotopic (exact) mass is 206 g/mol. The van der Waals surface area contributed by atoms with Gasteiger partial charge in [-0.2, -0.15) is 0 Å². The summed E-state index contributed by atoms with van der Waals surface area (Å²) in [5.74, 6) is 0. The summed E-state index contributed by atoms with van der Waals surface area (Å²) in [4.78, 5) is 10.5. The summed E-state index contributed by atoms with van der Waals surface area (Å²) in [5, 5.41) is 0. The minimum atomic E-state index is 0.207. The van der Waals surface area contributed by atoms with Crippen molar-refractivity contribution >= 4 is 0 Å². The second kappa shape index (κ2) is 4.24. The molecule has 1 aliphatic rings. The minimum absolute atomic E-state index is 0.207. The first-order valence-electron chi connectivity index (χ1n) is 5.46. The Morgan fingerprint density at radius 3 is 2.67 bits per heavy atom. The maximum Gasteiger partial charge on any atom is 0.115 e. The van der Waals surface area contributed by atoms with Gasteiger partial charge in [0.15, 0.2) is 0 Å². The molecule has 4 nitrogen and oxygen atoms in total. The maximum atomic E-state index is 6.14. The molecule has 2 rings (SSSR count). The topological polar surface area (TPSA) is 55.0 Å². The van der Waals surface area contributed by atoms with Gasteiger partial charge in [-0.1, -0.05) is 0 Å². The molecule has 4 heteroatoms. The molecule has 0 spiro atoms. The van der Waals surface area contributed by atoms with E-state index < -0.39 is 0 Å². The number of hydrogen-bond acceptors (Lipinski definition) is 4. The highest BCUT2D eigenvalue weighted by Gasteiger charge is 2.34. The quantitative estimate of drug-likeness (QED) is 0.783. The normalized spacial score (nSPS) is 27.5. The summed E-state index contributed by atoms with van der Waals surface area (Å²) in [7, 11) is 0. The summed E-state index contributed by atoms with van der Waals surface area (Å²) in [6.45, 7) is 5.47. The Morgan fingerprint density at radius 2 is 2.07 bits per heavy atom. The molecule has 1 fully saturated rings. The summed E-state index contributed by atoms with van der Waals surface area (Å²) >= 11 is 0. The average molecular weight is 206 g/mol. The second-order valence-corrected chi connectivity index (χ2v) is 4.40. The van der Waals surface area contributed by atoms with Crippen molar-refractivity contribution in [1.82, 2.24) is 14.9 Å². The fourth-order valence-corrected chi connectivity index (χ4v) is 2.32. The van der Waals surface area contributed by atoms with Gasteiger partial charge < -0.3 is 5.73 Å². The summed E-state index contributed by atoms with van der Waals surface area (Å²) < 4.78 is 0. The highest BCUT2D eigenvalue weighted by atomic mass is 15.2. The zero-order valence-corrected chi connectivity index (χ0v) is 9.30. The van der Waals surface area contributed by atoms with E-state index in [2.05, 4.69) is 28.7 Å². The van der Waals surface area contributed by atoms with Gasteiger partial charge in [-0.25, -0.2) is 9.97 Å². The van der Waals surface area contributed by atoms with Crippen LogP contribution < -0.4 is 5.73 Å². The smallest absolute Gasteiger partial charge is 0.115 e. The Morgan fingerprint density at radius 1 is 1.40 bits per heavy atom. The summed E-state index contributed by atoms with van der Waals surface area (Å²) in [6, 6.07) is 1.01. The van der Waals surface area contributed by atoms with Crippen molar-refractivity contribution in [2.24, 2.45) is 5.73 Å². The van der Waals surface area contributed by atoms with E-state index in [9.17, 15) is 0 Å². The van der Waals surface area contributed by atoms with Gasteiger partial charge >= 0.3 is 0 Å². The number of rotatable bonds is 2. The molecule has 15 heavy (non-hydrogen) atoms. The predicted molar refractivity (Wildman–Crippen MR) is 59.2 cm³/mol. The Balaban J connectivity index is 2.25. The van der Waals surface area contributed by atoms with E-state index in [1.54, 1.807) is 6.33 Å². The van der Waals surface area contributed by atoms with Crippen LogP contribution in [0.5, 0.6) is 0 Å². The lowest BCUT2D eigenvalue weighted by atomic mass is 10.0. The van der Waals surface area contributed by atoms with Crippen molar-refractivity contribution < 1.29 is 0 Å². The first kappa shape index (κ1) is 10.5. The zero-order valence-electron chi connectivity index (χ0n) is 9.30. The number of aromatic nitrogens is 2. The SMILES string of the molecule is CC(C)N1CC[C@H](N)[C@H]1c1cncnc1. The molecule has 82 valence electrons. The van der Waals surface area contributed by atoms with E-state index in [0.717, 1.165) is 18.5 Å². The van der Waals surface area contributed by atoms with E-state index in [0.29, 0.717) is 6.04 Å². The van der Waals surface area contributed by atoms with Gasteiger partial charge in [0.2, 0.25) is 0 Å². The Labute approximate surface area is 90.5 Å². The molecule has 0 aliphatic carbocycles. The molecular weight excluding hydrogens is 188 g/mol. The molecule has 2 N–H and O–H groups in total. The molecule has 2 atom stereocenters. The van der Waals surface area contributed by atoms with Crippen LogP contribution in [0.25, 0.3) is 0 Å². The third-order valence-corrected chi connectivity index (χ3v) is 3.07. The van der Waals surface area contributed by atoms with Crippen LogP contribution in [0.15, 0.2) is 18.7 Å². The van der Waals surface area contributed by atoms with Crippen LogP contribution in [-0.2, 0) is 0 Å². The highest BCUT2D eigenvalue weighted by molar-refractivity contribution is 5.15. The van der Waals surface area contributed by atoms with E-state index in [-0.39, 0.29) is 12.1 Å². The lowest BCUT2D eigenvalue weighted by Crippen LogP contribution is -2.36. The van der Waals surface area contributed by atoms with Crippen molar-refractivity contribution in [3.63, 3.8) is 0 Å². The van der Waals surface area contributed by atoms with Crippen molar-refractivity contribution in [2.75, 3.05) is 6.54 Å². The molecule has 2 heterocycles. The molecule has 0 saturated carbocycles. The Hall–Kier alpha value is -1.00. The van der Waals surface area contributed by atoms with Gasteiger partial charge in [0.25, 0.3) is 0 Å². The van der Waals surface area contributed by atoms with Gasteiger partial charge in [-0.15, -0.1) is 0 Å². The molecule has 0 radical (unpaired) electrons.